The zero-order chi connectivity index (χ0) is 15.2. The van der Waals surface area contributed by atoms with Crippen LogP contribution in [-0.2, 0) is 16.4 Å². The maximum absolute atomic E-state index is 11.7. The van der Waals surface area contributed by atoms with E-state index in [0.717, 1.165) is 0 Å². The summed E-state index contributed by atoms with van der Waals surface area (Å²) in [5.41, 5.74) is 0.672. The van der Waals surface area contributed by atoms with E-state index in [9.17, 15) is 18.5 Å². The molecule has 1 aromatic rings. The summed E-state index contributed by atoms with van der Waals surface area (Å²) in [6, 6.07) is 7.21. The number of nitro groups is 1. The van der Waals surface area contributed by atoms with Gasteiger partial charge in [-0.15, -0.1) is 0 Å². The van der Waals surface area contributed by atoms with E-state index in [1.807, 2.05) is 6.07 Å². The number of hydrogen-bond acceptors (Lipinski definition) is 5. The Morgan fingerprint density at radius 2 is 2.00 bits per heavy atom. The Bertz CT molecular complexity index is 605. The Kier molecular flexibility index (Phi) is 5.61. The maximum atomic E-state index is 11.7. The summed E-state index contributed by atoms with van der Waals surface area (Å²) in [5.74, 6) is -0.124. The predicted molar refractivity (Wildman–Crippen MR) is 73.4 cm³/mol. The highest BCUT2D eigenvalue weighted by Gasteiger charge is 2.14. The van der Waals surface area contributed by atoms with Crippen molar-refractivity contribution in [3.63, 3.8) is 0 Å². The molecule has 0 aliphatic rings. The smallest absolute Gasteiger partial charge is 0.258 e. The molecule has 0 radical (unpaired) electrons. The van der Waals surface area contributed by atoms with E-state index in [-0.39, 0.29) is 24.3 Å². The molecule has 1 rings (SSSR count). The van der Waals surface area contributed by atoms with Crippen molar-refractivity contribution in [1.29, 1.82) is 5.26 Å². The molecule has 8 heteroatoms. The summed E-state index contributed by atoms with van der Waals surface area (Å²) < 4.78 is 25.9. The quantitative estimate of drug-likeness (QED) is 0.603. The Labute approximate surface area is 117 Å². The van der Waals surface area contributed by atoms with Crippen LogP contribution in [0.15, 0.2) is 24.3 Å². The van der Waals surface area contributed by atoms with Gasteiger partial charge in [0.2, 0.25) is 10.0 Å². The standard InChI is InChI=1S/C12H15N3O4S/c1-10(6-8-13)14-20(18,19)9-7-11-2-4-12(5-3-11)15(16)17/h2-5,10,14H,6-7,9H2,1H3/t10-/m1/s1. The van der Waals surface area contributed by atoms with Gasteiger partial charge in [-0.3, -0.25) is 10.1 Å². The summed E-state index contributed by atoms with van der Waals surface area (Å²) in [6.07, 6.45) is 0.364. The lowest BCUT2D eigenvalue weighted by Crippen LogP contribution is -2.34. The first-order valence-corrected chi connectivity index (χ1v) is 7.59. The lowest BCUT2D eigenvalue weighted by atomic mass is 10.1. The van der Waals surface area contributed by atoms with Gasteiger partial charge >= 0.3 is 0 Å². The minimum atomic E-state index is -3.46. The number of rotatable bonds is 7. The fourth-order valence-electron chi connectivity index (χ4n) is 1.58. The minimum Gasteiger partial charge on any atom is -0.258 e. The lowest BCUT2D eigenvalue weighted by Gasteiger charge is -2.10. The molecule has 1 aromatic carbocycles. The van der Waals surface area contributed by atoms with E-state index < -0.39 is 21.0 Å². The highest BCUT2D eigenvalue weighted by atomic mass is 32.2. The highest BCUT2D eigenvalue weighted by molar-refractivity contribution is 7.89. The van der Waals surface area contributed by atoms with Crippen LogP contribution in [0.3, 0.4) is 0 Å². The molecule has 20 heavy (non-hydrogen) atoms. The van der Waals surface area contributed by atoms with Gasteiger partial charge in [0.1, 0.15) is 0 Å². The SMILES string of the molecule is C[C@H](CC#N)NS(=O)(=O)CCc1ccc([N+](=O)[O-])cc1. The molecule has 0 aliphatic heterocycles. The summed E-state index contributed by atoms with van der Waals surface area (Å²) in [7, 11) is -3.46. The fourth-order valence-corrected chi connectivity index (χ4v) is 2.90. The van der Waals surface area contributed by atoms with Gasteiger partial charge in [0.15, 0.2) is 0 Å². The average molecular weight is 297 g/mol. The van der Waals surface area contributed by atoms with Crippen LogP contribution < -0.4 is 4.72 Å². The largest absolute Gasteiger partial charge is 0.269 e. The van der Waals surface area contributed by atoms with Crippen molar-refractivity contribution in [1.82, 2.24) is 4.72 Å². The van der Waals surface area contributed by atoms with Crippen LogP contribution in [0, 0.1) is 21.4 Å². The zero-order valence-corrected chi connectivity index (χ0v) is 11.8. The highest BCUT2D eigenvalue weighted by Crippen LogP contribution is 2.12. The Morgan fingerprint density at radius 3 is 2.50 bits per heavy atom. The second-order valence-electron chi connectivity index (χ2n) is 4.37. The normalized spacial score (nSPS) is 12.6. The van der Waals surface area contributed by atoms with Crippen molar-refractivity contribution >= 4 is 15.7 Å². The molecule has 0 saturated heterocycles. The van der Waals surface area contributed by atoms with Crippen molar-refractivity contribution in [3.05, 3.63) is 39.9 Å². The Morgan fingerprint density at radius 1 is 1.40 bits per heavy atom. The van der Waals surface area contributed by atoms with Crippen LogP contribution in [-0.4, -0.2) is 25.1 Å². The number of nitrogens with one attached hydrogen (secondary N) is 1. The van der Waals surface area contributed by atoms with Gasteiger partial charge in [0.25, 0.3) is 5.69 Å². The molecule has 0 heterocycles. The third kappa shape index (κ3) is 5.34. The van der Waals surface area contributed by atoms with Crippen molar-refractivity contribution in [2.24, 2.45) is 0 Å². The predicted octanol–water partition coefficient (Wildman–Crippen LogP) is 1.36. The van der Waals surface area contributed by atoms with Gasteiger partial charge in [-0.2, -0.15) is 5.26 Å². The molecule has 0 amide bonds. The van der Waals surface area contributed by atoms with Crippen LogP contribution in [0.4, 0.5) is 5.69 Å². The van der Waals surface area contributed by atoms with Crippen LogP contribution in [0.25, 0.3) is 0 Å². The number of nitro benzene ring substituents is 1. The maximum Gasteiger partial charge on any atom is 0.269 e. The van der Waals surface area contributed by atoms with Gasteiger partial charge in [-0.1, -0.05) is 12.1 Å². The van der Waals surface area contributed by atoms with Gasteiger partial charge in [-0.05, 0) is 18.9 Å². The van der Waals surface area contributed by atoms with Crippen LogP contribution >= 0.6 is 0 Å². The number of nitrogens with zero attached hydrogens (tertiary/aromatic N) is 2. The lowest BCUT2D eigenvalue weighted by molar-refractivity contribution is -0.384. The molecule has 108 valence electrons. The summed E-state index contributed by atoms with van der Waals surface area (Å²) >= 11 is 0. The molecule has 0 aliphatic carbocycles. The monoisotopic (exact) mass is 297 g/mol. The van der Waals surface area contributed by atoms with Gasteiger partial charge in [0, 0.05) is 18.2 Å². The number of nitriles is 1. The second-order valence-corrected chi connectivity index (χ2v) is 6.25. The van der Waals surface area contributed by atoms with Gasteiger partial charge in [-0.25, -0.2) is 13.1 Å². The fraction of sp³-hybridized carbons (Fsp3) is 0.417. The number of sulfonamides is 1. The number of benzene rings is 1. The summed E-state index contributed by atoms with van der Waals surface area (Å²) in [5, 5.41) is 19.0. The number of non-ortho nitro benzene ring substituents is 1. The molecule has 1 atom stereocenters. The second kappa shape index (κ2) is 6.98. The molecule has 0 aromatic heterocycles. The number of aryl methyl sites for hydroxylation is 1. The van der Waals surface area contributed by atoms with E-state index in [0.29, 0.717) is 5.56 Å². The van der Waals surface area contributed by atoms with E-state index in [1.165, 1.54) is 24.3 Å². The first kappa shape index (κ1) is 16.1. The number of hydrogen-bond donors (Lipinski definition) is 1. The average Bonchev–Trinajstić information content (AvgIpc) is 2.36. The van der Waals surface area contributed by atoms with E-state index in [1.54, 1.807) is 6.92 Å². The molecule has 1 N–H and O–H groups in total. The Hall–Kier alpha value is -1.98. The van der Waals surface area contributed by atoms with Crippen molar-refractivity contribution in [2.45, 2.75) is 25.8 Å². The topological polar surface area (TPSA) is 113 Å². The van der Waals surface area contributed by atoms with Gasteiger partial charge < -0.3 is 0 Å². The molecule has 0 saturated carbocycles. The van der Waals surface area contributed by atoms with E-state index in [2.05, 4.69) is 4.72 Å². The van der Waals surface area contributed by atoms with Crippen LogP contribution in [0.1, 0.15) is 18.9 Å². The minimum absolute atomic E-state index is 0.0302. The first-order valence-electron chi connectivity index (χ1n) is 5.94. The third-order valence-corrected chi connectivity index (χ3v) is 4.09. The molecule has 0 spiro atoms. The molecular formula is C12H15N3O4S. The van der Waals surface area contributed by atoms with Crippen LogP contribution in [0.5, 0.6) is 0 Å². The first-order chi connectivity index (χ1) is 9.34. The molecule has 7 nitrogen and oxygen atoms in total. The van der Waals surface area contributed by atoms with Crippen molar-refractivity contribution in [2.75, 3.05) is 5.75 Å². The summed E-state index contributed by atoms with van der Waals surface area (Å²) in [4.78, 5) is 9.98. The van der Waals surface area contributed by atoms with E-state index >= 15 is 0 Å². The molecule has 0 fully saturated rings. The van der Waals surface area contributed by atoms with Crippen molar-refractivity contribution in [3.8, 4) is 6.07 Å². The van der Waals surface area contributed by atoms with Crippen molar-refractivity contribution < 1.29 is 13.3 Å². The summed E-state index contributed by atoms with van der Waals surface area (Å²) in [6.45, 7) is 1.62. The Balaban J connectivity index is 2.58. The molecule has 0 bridgehead atoms. The third-order valence-electron chi connectivity index (χ3n) is 2.58. The van der Waals surface area contributed by atoms with Gasteiger partial charge in [0.05, 0.1) is 23.2 Å². The molecule has 0 unspecified atom stereocenters. The zero-order valence-electron chi connectivity index (χ0n) is 10.9. The van der Waals surface area contributed by atoms with E-state index in [4.69, 9.17) is 5.26 Å². The molecular weight excluding hydrogens is 282 g/mol. The van der Waals surface area contributed by atoms with Crippen LogP contribution in [0.2, 0.25) is 0 Å².